The third-order valence-corrected chi connectivity index (χ3v) is 4.92. The zero-order chi connectivity index (χ0) is 19.9. The van der Waals surface area contributed by atoms with Crippen LogP contribution in [0.5, 0.6) is 17.2 Å². The summed E-state index contributed by atoms with van der Waals surface area (Å²) in [5.41, 5.74) is 2.19. The first-order chi connectivity index (χ1) is 13.6. The molecule has 0 unspecified atom stereocenters. The average Bonchev–Trinajstić information content (AvgIpc) is 3.16. The van der Waals surface area contributed by atoms with E-state index in [-0.39, 0.29) is 12.3 Å². The van der Waals surface area contributed by atoms with Crippen molar-refractivity contribution in [2.75, 3.05) is 26.1 Å². The number of nitrogens with zero attached hydrogens (tertiary/aromatic N) is 1. The van der Waals surface area contributed by atoms with Gasteiger partial charge >= 0.3 is 0 Å². The summed E-state index contributed by atoms with van der Waals surface area (Å²) in [5, 5.41) is 5.58. The van der Waals surface area contributed by atoms with Crippen LogP contribution in [-0.4, -0.2) is 31.7 Å². The molecule has 0 aliphatic rings. The van der Waals surface area contributed by atoms with Crippen molar-refractivity contribution in [1.29, 1.82) is 0 Å². The van der Waals surface area contributed by atoms with E-state index in [1.807, 2.05) is 36.6 Å². The van der Waals surface area contributed by atoms with Crippen molar-refractivity contribution in [1.82, 2.24) is 4.98 Å². The standard InChI is InChI=1S/C21H22N2O4S/c1-4-27-18-8-6-5-7-16(18)21-22-14(13-28-21)11-20(24)23-17-12-15(25-2)9-10-19(17)26-3/h5-10,12-13H,4,11H2,1-3H3,(H,23,24). The van der Waals surface area contributed by atoms with Crippen LogP contribution in [0, 0.1) is 0 Å². The summed E-state index contributed by atoms with van der Waals surface area (Å²) >= 11 is 1.49. The van der Waals surface area contributed by atoms with E-state index in [4.69, 9.17) is 14.2 Å². The zero-order valence-electron chi connectivity index (χ0n) is 16.0. The van der Waals surface area contributed by atoms with Crippen molar-refractivity contribution >= 4 is 22.9 Å². The average molecular weight is 398 g/mol. The molecule has 28 heavy (non-hydrogen) atoms. The second-order valence-corrected chi connectivity index (χ2v) is 6.72. The van der Waals surface area contributed by atoms with Gasteiger partial charge in [-0.05, 0) is 31.2 Å². The highest BCUT2D eigenvalue weighted by atomic mass is 32.1. The molecule has 1 N–H and O–H groups in total. The van der Waals surface area contributed by atoms with Gasteiger partial charge < -0.3 is 19.5 Å². The van der Waals surface area contributed by atoms with Gasteiger partial charge in [0.25, 0.3) is 0 Å². The molecule has 1 amide bonds. The number of amides is 1. The van der Waals surface area contributed by atoms with Crippen molar-refractivity contribution in [2.24, 2.45) is 0 Å². The van der Waals surface area contributed by atoms with Crippen LogP contribution in [0.25, 0.3) is 10.6 Å². The molecule has 2 aromatic carbocycles. The number of hydrogen-bond donors (Lipinski definition) is 1. The summed E-state index contributed by atoms with van der Waals surface area (Å²) in [7, 11) is 3.13. The molecule has 1 aromatic heterocycles. The third-order valence-electron chi connectivity index (χ3n) is 3.99. The molecule has 0 atom stereocenters. The summed E-state index contributed by atoms with van der Waals surface area (Å²) in [6.07, 6.45) is 0.160. The summed E-state index contributed by atoms with van der Waals surface area (Å²) < 4.78 is 16.2. The van der Waals surface area contributed by atoms with Crippen LogP contribution >= 0.6 is 11.3 Å². The summed E-state index contributed by atoms with van der Waals surface area (Å²) in [5.74, 6) is 1.82. The number of hydrogen-bond acceptors (Lipinski definition) is 6. The first kappa shape index (κ1) is 19.7. The number of thiazole rings is 1. The molecule has 0 saturated carbocycles. The van der Waals surface area contributed by atoms with Crippen LogP contribution in [0.1, 0.15) is 12.6 Å². The van der Waals surface area contributed by atoms with Gasteiger partial charge in [0.1, 0.15) is 22.3 Å². The number of ether oxygens (including phenoxy) is 3. The first-order valence-corrected chi connectivity index (χ1v) is 9.71. The van der Waals surface area contributed by atoms with Gasteiger partial charge in [-0.25, -0.2) is 4.98 Å². The topological polar surface area (TPSA) is 69.7 Å². The Morgan fingerprint density at radius 1 is 1.11 bits per heavy atom. The highest BCUT2D eigenvalue weighted by Gasteiger charge is 2.14. The molecule has 0 spiro atoms. The van der Waals surface area contributed by atoms with E-state index in [1.165, 1.54) is 11.3 Å². The van der Waals surface area contributed by atoms with E-state index in [9.17, 15) is 4.79 Å². The Bertz CT molecular complexity index is 955. The fraction of sp³-hybridized carbons (Fsp3) is 0.238. The molecule has 0 saturated heterocycles. The molecule has 6 nitrogen and oxygen atoms in total. The number of rotatable bonds is 8. The molecule has 0 aliphatic carbocycles. The van der Waals surface area contributed by atoms with Gasteiger partial charge in [-0.3, -0.25) is 4.79 Å². The largest absolute Gasteiger partial charge is 0.497 e. The normalized spacial score (nSPS) is 10.4. The summed E-state index contributed by atoms with van der Waals surface area (Å²) in [6.45, 7) is 2.53. The molecular weight excluding hydrogens is 376 g/mol. The van der Waals surface area contributed by atoms with Crippen LogP contribution in [0.3, 0.4) is 0 Å². The van der Waals surface area contributed by atoms with Crippen LogP contribution in [0.4, 0.5) is 5.69 Å². The van der Waals surface area contributed by atoms with E-state index in [0.717, 1.165) is 16.3 Å². The quantitative estimate of drug-likeness (QED) is 0.609. The summed E-state index contributed by atoms with van der Waals surface area (Å²) in [6, 6.07) is 13.0. The Morgan fingerprint density at radius 3 is 2.68 bits per heavy atom. The van der Waals surface area contributed by atoms with Crippen molar-refractivity contribution in [3.05, 3.63) is 53.5 Å². The molecule has 0 fully saturated rings. The SMILES string of the molecule is CCOc1ccccc1-c1nc(CC(=O)Nc2cc(OC)ccc2OC)cs1. The minimum absolute atomic E-state index is 0.160. The lowest BCUT2D eigenvalue weighted by atomic mass is 10.2. The zero-order valence-corrected chi connectivity index (χ0v) is 16.8. The Kier molecular flexibility index (Phi) is 6.49. The Morgan fingerprint density at radius 2 is 1.93 bits per heavy atom. The van der Waals surface area contributed by atoms with E-state index >= 15 is 0 Å². The molecular formula is C21H22N2O4S. The smallest absolute Gasteiger partial charge is 0.230 e. The Hall–Kier alpha value is -3.06. The molecule has 0 aliphatic heterocycles. The number of nitrogens with one attached hydrogen (secondary N) is 1. The molecule has 146 valence electrons. The van der Waals surface area contributed by atoms with Gasteiger partial charge in [0.15, 0.2) is 0 Å². The van der Waals surface area contributed by atoms with Crippen LogP contribution in [-0.2, 0) is 11.2 Å². The number of carbonyl (C=O) groups excluding carboxylic acids is 1. The van der Waals surface area contributed by atoms with Crippen molar-refractivity contribution in [3.8, 4) is 27.8 Å². The third kappa shape index (κ3) is 4.61. The van der Waals surface area contributed by atoms with Gasteiger partial charge in [0.2, 0.25) is 5.91 Å². The number of carbonyl (C=O) groups is 1. The number of methoxy groups -OCH3 is 2. The minimum atomic E-state index is -0.179. The van der Waals surface area contributed by atoms with Crippen LogP contribution < -0.4 is 19.5 Å². The van der Waals surface area contributed by atoms with Crippen molar-refractivity contribution < 1.29 is 19.0 Å². The fourth-order valence-corrected chi connectivity index (χ4v) is 3.56. The van der Waals surface area contributed by atoms with Gasteiger partial charge in [-0.15, -0.1) is 11.3 Å². The maximum absolute atomic E-state index is 12.5. The predicted octanol–water partition coefficient (Wildman–Crippen LogP) is 4.41. The number of aromatic nitrogens is 1. The maximum Gasteiger partial charge on any atom is 0.230 e. The predicted molar refractivity (Wildman–Crippen MR) is 111 cm³/mol. The second-order valence-electron chi connectivity index (χ2n) is 5.86. The monoisotopic (exact) mass is 398 g/mol. The first-order valence-electron chi connectivity index (χ1n) is 8.83. The van der Waals surface area contributed by atoms with Crippen LogP contribution in [0.2, 0.25) is 0 Å². The van der Waals surface area contributed by atoms with Crippen molar-refractivity contribution in [2.45, 2.75) is 13.3 Å². The second kappa shape index (κ2) is 9.23. The highest BCUT2D eigenvalue weighted by molar-refractivity contribution is 7.13. The number of benzene rings is 2. The molecule has 3 aromatic rings. The molecule has 0 radical (unpaired) electrons. The fourth-order valence-electron chi connectivity index (χ4n) is 2.71. The number of anilines is 1. The van der Waals surface area contributed by atoms with E-state index in [2.05, 4.69) is 10.3 Å². The Balaban J connectivity index is 1.73. The molecule has 7 heteroatoms. The lowest BCUT2D eigenvalue weighted by Gasteiger charge is -2.11. The van der Waals surface area contributed by atoms with Gasteiger partial charge in [0.05, 0.1) is 44.2 Å². The van der Waals surface area contributed by atoms with E-state index < -0.39 is 0 Å². The Labute approximate surface area is 168 Å². The van der Waals surface area contributed by atoms with E-state index in [0.29, 0.717) is 29.5 Å². The van der Waals surface area contributed by atoms with E-state index in [1.54, 1.807) is 32.4 Å². The highest BCUT2D eigenvalue weighted by Crippen LogP contribution is 2.33. The molecule has 1 heterocycles. The van der Waals surface area contributed by atoms with Crippen LogP contribution in [0.15, 0.2) is 47.8 Å². The maximum atomic E-state index is 12.5. The molecule has 0 bridgehead atoms. The lowest BCUT2D eigenvalue weighted by Crippen LogP contribution is -2.15. The molecule has 3 rings (SSSR count). The van der Waals surface area contributed by atoms with Gasteiger partial charge in [-0.1, -0.05) is 12.1 Å². The van der Waals surface area contributed by atoms with Gasteiger partial charge in [0, 0.05) is 11.4 Å². The minimum Gasteiger partial charge on any atom is -0.497 e. The van der Waals surface area contributed by atoms with Gasteiger partial charge in [-0.2, -0.15) is 0 Å². The van der Waals surface area contributed by atoms with Crippen molar-refractivity contribution in [3.63, 3.8) is 0 Å². The lowest BCUT2D eigenvalue weighted by molar-refractivity contribution is -0.115. The number of para-hydroxylation sites is 1. The summed E-state index contributed by atoms with van der Waals surface area (Å²) in [4.78, 5) is 17.1.